The number of nitrogens with zero attached hydrogens (tertiary/aromatic N) is 4. The molecule has 13 heteroatoms. The minimum absolute atomic E-state index is 0.00550. The Morgan fingerprint density at radius 1 is 1.36 bits per heavy atom. The Kier molecular flexibility index (Phi) is 7.22. The number of carbonyl (C=O) groups excluding carboxylic acids is 1. The maximum atomic E-state index is 13.1. The first-order chi connectivity index (χ1) is 15.7. The molecule has 3 aromatic heterocycles. The van der Waals surface area contributed by atoms with E-state index in [1.54, 1.807) is 16.9 Å². The number of aromatic nitrogens is 4. The molecule has 3 heterocycles. The molecule has 0 amide bonds. The highest BCUT2D eigenvalue weighted by molar-refractivity contribution is 7.84. The molecule has 1 saturated carbocycles. The van der Waals surface area contributed by atoms with Crippen LogP contribution in [0.15, 0.2) is 36.2 Å². The molecule has 0 saturated heterocycles. The van der Waals surface area contributed by atoms with E-state index in [0.717, 1.165) is 4.88 Å². The van der Waals surface area contributed by atoms with Crippen LogP contribution in [0.4, 0.5) is 0 Å². The van der Waals surface area contributed by atoms with Gasteiger partial charge in [0.2, 0.25) is 5.78 Å². The van der Waals surface area contributed by atoms with Crippen molar-refractivity contribution in [3.05, 3.63) is 63.1 Å². The number of rotatable bonds is 9. The third-order valence-electron chi connectivity index (χ3n) is 5.59. The number of carbonyl (C=O) groups is 1. The van der Waals surface area contributed by atoms with E-state index in [1.165, 1.54) is 23.9 Å². The molecule has 1 aliphatic carbocycles. The average molecular weight is 512 g/mol. The van der Waals surface area contributed by atoms with Gasteiger partial charge in [-0.2, -0.15) is 13.5 Å². The smallest absolute Gasteiger partial charge is 0.333 e. The lowest BCUT2D eigenvalue weighted by atomic mass is 9.96. The van der Waals surface area contributed by atoms with Crippen LogP contribution in [0.3, 0.4) is 0 Å². The quantitative estimate of drug-likeness (QED) is 0.413. The van der Waals surface area contributed by atoms with Crippen molar-refractivity contribution in [3.63, 3.8) is 0 Å². The molecule has 0 radical (unpaired) electrons. The van der Waals surface area contributed by atoms with Crippen LogP contribution < -0.4 is 5.14 Å². The lowest BCUT2D eigenvalue weighted by Gasteiger charge is -2.13. The van der Waals surface area contributed by atoms with Crippen LogP contribution in [0.5, 0.6) is 0 Å². The van der Waals surface area contributed by atoms with E-state index in [0.29, 0.717) is 42.1 Å². The van der Waals surface area contributed by atoms with Gasteiger partial charge in [-0.3, -0.25) is 13.7 Å². The Morgan fingerprint density at radius 2 is 2.18 bits per heavy atom. The summed E-state index contributed by atoms with van der Waals surface area (Å²) in [5, 5.41) is 22.1. The van der Waals surface area contributed by atoms with E-state index < -0.39 is 16.4 Å². The second-order valence-corrected chi connectivity index (χ2v) is 10.6. The molecule has 3 N–H and O–H groups in total. The molecule has 0 unspecified atom stereocenters. The van der Waals surface area contributed by atoms with Gasteiger partial charge in [0.05, 0.1) is 35.5 Å². The van der Waals surface area contributed by atoms with Crippen molar-refractivity contribution in [2.24, 2.45) is 17.0 Å². The van der Waals surface area contributed by atoms with Crippen LogP contribution >= 0.6 is 22.9 Å². The van der Waals surface area contributed by atoms with Crippen LogP contribution in [-0.4, -0.2) is 51.8 Å². The molecule has 0 spiro atoms. The highest BCUT2D eigenvalue weighted by Gasteiger charge is 2.35. The van der Waals surface area contributed by atoms with Crippen molar-refractivity contribution in [2.75, 3.05) is 6.61 Å². The molecule has 0 aromatic carbocycles. The van der Waals surface area contributed by atoms with Crippen molar-refractivity contribution < 1.29 is 22.5 Å². The van der Waals surface area contributed by atoms with Gasteiger partial charge in [-0.15, -0.1) is 11.3 Å². The second-order valence-electron chi connectivity index (χ2n) is 7.95. The van der Waals surface area contributed by atoms with Gasteiger partial charge in [0.1, 0.15) is 12.0 Å². The maximum Gasteiger partial charge on any atom is 0.333 e. The molecule has 1 fully saturated rings. The number of aliphatic hydroxyl groups is 1. The van der Waals surface area contributed by atoms with Gasteiger partial charge < -0.3 is 5.11 Å². The summed E-state index contributed by atoms with van der Waals surface area (Å²) in [5.74, 6) is -0.669. The highest BCUT2D eigenvalue weighted by atomic mass is 35.5. The standard InChI is InChI=1S/C20H22ClN5O5S2/c21-15-2-4-32-19(15)9-26-3-1-16(25-26)20(28)14-8-23-11-24-17(14)6-12-5-13(18(27)7-12)10-31-33(22,29)30/h1-4,8,11-13,18,27H,5-7,9-10H2,(H2,22,29,30)/t12-,13+,18-/m0/s1. The number of halogens is 1. The van der Waals surface area contributed by atoms with Gasteiger partial charge in [0.15, 0.2) is 0 Å². The van der Waals surface area contributed by atoms with Gasteiger partial charge in [0.25, 0.3) is 0 Å². The lowest BCUT2D eigenvalue weighted by molar-refractivity contribution is 0.100. The fourth-order valence-electron chi connectivity index (χ4n) is 4.02. The van der Waals surface area contributed by atoms with Crippen molar-refractivity contribution in [1.82, 2.24) is 19.7 Å². The molecule has 4 rings (SSSR count). The Bertz CT molecular complexity index is 1240. The summed E-state index contributed by atoms with van der Waals surface area (Å²) < 4.78 is 28.4. The van der Waals surface area contributed by atoms with Crippen LogP contribution in [-0.2, 0) is 27.5 Å². The minimum Gasteiger partial charge on any atom is -0.393 e. The van der Waals surface area contributed by atoms with Crippen LogP contribution in [0.2, 0.25) is 5.02 Å². The number of hydrogen-bond donors (Lipinski definition) is 2. The van der Waals surface area contributed by atoms with E-state index in [2.05, 4.69) is 19.2 Å². The lowest BCUT2D eigenvalue weighted by Crippen LogP contribution is -2.24. The zero-order valence-electron chi connectivity index (χ0n) is 17.4. The summed E-state index contributed by atoms with van der Waals surface area (Å²) in [6, 6.07) is 3.46. The zero-order chi connectivity index (χ0) is 23.6. The molecule has 176 valence electrons. The van der Waals surface area contributed by atoms with Gasteiger partial charge in [-0.05, 0) is 42.7 Å². The predicted molar refractivity (Wildman–Crippen MR) is 121 cm³/mol. The zero-order valence-corrected chi connectivity index (χ0v) is 19.8. The van der Waals surface area contributed by atoms with Crippen molar-refractivity contribution in [2.45, 2.75) is 31.9 Å². The first-order valence-corrected chi connectivity index (χ1v) is 12.9. The number of thiophene rings is 1. The Hall–Kier alpha value is -2.22. The SMILES string of the molecule is NS(=O)(=O)OC[C@H]1C[C@@H](Cc2ncncc2C(=O)c2ccn(Cc3sccc3Cl)n2)C[C@@H]1O. The fraction of sp³-hybridized carbons (Fsp3) is 0.400. The fourth-order valence-corrected chi connectivity index (χ4v) is 5.47. The van der Waals surface area contributed by atoms with Crippen molar-refractivity contribution in [1.29, 1.82) is 0 Å². The molecule has 10 nitrogen and oxygen atoms in total. The highest BCUT2D eigenvalue weighted by Crippen LogP contribution is 2.34. The van der Waals surface area contributed by atoms with Crippen LogP contribution in [0, 0.1) is 11.8 Å². The Labute approximate surface area is 199 Å². The Morgan fingerprint density at radius 3 is 2.91 bits per heavy atom. The van der Waals surface area contributed by atoms with Gasteiger partial charge in [-0.25, -0.2) is 15.1 Å². The summed E-state index contributed by atoms with van der Waals surface area (Å²) >= 11 is 7.66. The van der Waals surface area contributed by atoms with Crippen molar-refractivity contribution >= 4 is 39.0 Å². The molecular formula is C20H22ClN5O5S2. The summed E-state index contributed by atoms with van der Waals surface area (Å²) in [6.07, 6.45) is 5.21. The first kappa shape index (κ1) is 23.9. The van der Waals surface area contributed by atoms with Crippen molar-refractivity contribution in [3.8, 4) is 0 Å². The first-order valence-electron chi connectivity index (χ1n) is 10.1. The van der Waals surface area contributed by atoms with E-state index in [9.17, 15) is 18.3 Å². The van der Waals surface area contributed by atoms with Gasteiger partial charge in [-0.1, -0.05) is 11.6 Å². The molecule has 1 aliphatic rings. The average Bonchev–Trinajstić information content (AvgIpc) is 3.47. The molecule has 3 atom stereocenters. The third-order valence-corrected chi connectivity index (χ3v) is 7.43. The number of nitrogens with two attached hydrogens (primary N) is 1. The number of aliphatic hydroxyl groups excluding tert-OH is 1. The van der Waals surface area contributed by atoms with E-state index >= 15 is 0 Å². The van der Waals surface area contributed by atoms with E-state index in [4.69, 9.17) is 16.7 Å². The van der Waals surface area contributed by atoms with Gasteiger partial charge >= 0.3 is 10.3 Å². The molecule has 3 aromatic rings. The maximum absolute atomic E-state index is 13.1. The van der Waals surface area contributed by atoms with Crippen LogP contribution in [0.1, 0.15) is 39.5 Å². The summed E-state index contributed by atoms with van der Waals surface area (Å²) in [6.45, 7) is 0.279. The monoisotopic (exact) mass is 511 g/mol. The molecule has 0 bridgehead atoms. The topological polar surface area (TPSA) is 150 Å². The summed E-state index contributed by atoms with van der Waals surface area (Å²) in [5.41, 5.74) is 1.16. The second kappa shape index (κ2) is 9.95. The molecular weight excluding hydrogens is 490 g/mol. The van der Waals surface area contributed by atoms with E-state index in [1.807, 2.05) is 11.4 Å². The summed E-state index contributed by atoms with van der Waals surface area (Å²) in [7, 11) is -4.07. The third kappa shape index (κ3) is 6.02. The van der Waals surface area contributed by atoms with E-state index in [-0.39, 0.29) is 29.9 Å². The van der Waals surface area contributed by atoms with Crippen LogP contribution in [0.25, 0.3) is 0 Å². The summed E-state index contributed by atoms with van der Waals surface area (Å²) in [4.78, 5) is 22.4. The molecule has 0 aliphatic heterocycles. The predicted octanol–water partition coefficient (Wildman–Crippen LogP) is 1.82. The number of hydrogen-bond acceptors (Lipinski definition) is 9. The minimum atomic E-state index is -4.07. The van der Waals surface area contributed by atoms with Gasteiger partial charge in [0, 0.05) is 23.2 Å². The normalized spacial score (nSPS) is 20.9. The molecule has 33 heavy (non-hydrogen) atoms. The largest absolute Gasteiger partial charge is 0.393 e. The number of ketones is 1. The Balaban J connectivity index is 1.45.